The summed E-state index contributed by atoms with van der Waals surface area (Å²) >= 11 is 3.16. The Balaban J connectivity index is 2.57. The second-order valence-electron chi connectivity index (χ2n) is 4.49. The number of ether oxygens (including phenoxy) is 1. The summed E-state index contributed by atoms with van der Waals surface area (Å²) in [5.74, 6) is 0.0734. The molecule has 0 saturated carbocycles. The molecule has 0 fully saturated rings. The van der Waals surface area contributed by atoms with Gasteiger partial charge in [0.15, 0.2) is 0 Å². The number of hydrogen-bond donors (Lipinski definition) is 1. The van der Waals surface area contributed by atoms with E-state index in [1.54, 1.807) is 13.2 Å². The molecule has 2 N–H and O–H groups in total. The number of benzene rings is 1. The van der Waals surface area contributed by atoms with Crippen molar-refractivity contribution in [1.29, 1.82) is 0 Å². The van der Waals surface area contributed by atoms with Crippen molar-refractivity contribution in [2.75, 3.05) is 19.5 Å². The zero-order valence-corrected chi connectivity index (χ0v) is 12.6. The number of hydrogen-bond acceptors (Lipinski definition) is 3. The van der Waals surface area contributed by atoms with E-state index in [1.807, 2.05) is 4.57 Å². The van der Waals surface area contributed by atoms with Crippen LogP contribution in [0.3, 0.4) is 0 Å². The summed E-state index contributed by atoms with van der Waals surface area (Å²) in [5.41, 5.74) is 7.36. The van der Waals surface area contributed by atoms with Crippen molar-refractivity contribution < 1.29 is 9.13 Å². The number of rotatable bonds is 5. The first kappa shape index (κ1) is 14.3. The number of nitrogens with two attached hydrogens (primary N) is 1. The van der Waals surface area contributed by atoms with E-state index < -0.39 is 0 Å². The third-order valence-electron chi connectivity index (χ3n) is 3.10. The molecule has 1 aromatic carbocycles. The van der Waals surface area contributed by atoms with E-state index in [2.05, 4.69) is 27.8 Å². The maximum atomic E-state index is 13.7. The third kappa shape index (κ3) is 2.74. The van der Waals surface area contributed by atoms with Crippen LogP contribution in [0.2, 0.25) is 0 Å². The molecule has 19 heavy (non-hydrogen) atoms. The molecule has 0 spiro atoms. The summed E-state index contributed by atoms with van der Waals surface area (Å²) in [6, 6.07) is 3.18. The van der Waals surface area contributed by atoms with Gasteiger partial charge in [-0.1, -0.05) is 13.3 Å². The van der Waals surface area contributed by atoms with Crippen molar-refractivity contribution in [3.05, 3.63) is 22.4 Å². The first-order chi connectivity index (χ1) is 9.08. The van der Waals surface area contributed by atoms with Gasteiger partial charge in [0.1, 0.15) is 5.82 Å². The van der Waals surface area contributed by atoms with E-state index in [9.17, 15) is 4.39 Å². The quantitative estimate of drug-likeness (QED) is 0.913. The van der Waals surface area contributed by atoms with Crippen LogP contribution in [0.1, 0.15) is 25.8 Å². The fourth-order valence-corrected chi connectivity index (χ4v) is 2.64. The minimum atomic E-state index is -0.318. The molecule has 0 aliphatic carbocycles. The third-order valence-corrected chi connectivity index (χ3v) is 3.71. The molecule has 0 bridgehead atoms. The van der Waals surface area contributed by atoms with Crippen LogP contribution < -0.4 is 5.73 Å². The van der Waals surface area contributed by atoms with Gasteiger partial charge in [0.25, 0.3) is 0 Å². The first-order valence-electron chi connectivity index (χ1n) is 6.19. The summed E-state index contributed by atoms with van der Waals surface area (Å²) in [6.45, 7) is 2.62. The van der Waals surface area contributed by atoms with Crippen molar-refractivity contribution >= 4 is 32.9 Å². The number of fused-ring (bicyclic) bond motifs is 1. The van der Waals surface area contributed by atoms with Crippen LogP contribution >= 0.6 is 15.9 Å². The van der Waals surface area contributed by atoms with Crippen LogP contribution in [0, 0.1) is 5.82 Å². The standard InChI is InChI=1S/C13H17BrFN3O/c1-3-4-8(7-19-2)18-12-6-10(15)9(14)5-11(12)17-13(18)16/h5-6,8H,3-4,7H2,1-2H3,(H2,16,17). The number of methoxy groups -OCH3 is 1. The van der Waals surface area contributed by atoms with Crippen LogP contribution in [-0.2, 0) is 4.74 Å². The van der Waals surface area contributed by atoms with Crippen LogP contribution in [0.25, 0.3) is 11.0 Å². The lowest BCUT2D eigenvalue weighted by Gasteiger charge is -2.19. The molecule has 0 amide bonds. The van der Waals surface area contributed by atoms with Crippen LogP contribution in [-0.4, -0.2) is 23.3 Å². The van der Waals surface area contributed by atoms with Gasteiger partial charge in [-0.2, -0.15) is 0 Å². The highest BCUT2D eigenvalue weighted by atomic mass is 79.9. The predicted octanol–water partition coefficient (Wildman–Crippen LogP) is 3.51. The Kier molecular flexibility index (Phi) is 4.42. The molecule has 4 nitrogen and oxygen atoms in total. The summed E-state index contributed by atoms with van der Waals surface area (Å²) < 4.78 is 21.2. The summed E-state index contributed by atoms with van der Waals surface area (Å²) in [6.07, 6.45) is 1.90. The van der Waals surface area contributed by atoms with Crippen LogP contribution in [0.15, 0.2) is 16.6 Å². The molecule has 6 heteroatoms. The largest absolute Gasteiger partial charge is 0.383 e. The normalized spacial score (nSPS) is 13.1. The van der Waals surface area contributed by atoms with Gasteiger partial charge in [-0.3, -0.25) is 0 Å². The Hall–Kier alpha value is -1.14. The van der Waals surface area contributed by atoms with E-state index in [0.717, 1.165) is 12.8 Å². The second-order valence-corrected chi connectivity index (χ2v) is 5.35. The van der Waals surface area contributed by atoms with Gasteiger partial charge in [0, 0.05) is 13.2 Å². The molecule has 0 radical (unpaired) electrons. The van der Waals surface area contributed by atoms with Gasteiger partial charge in [0.2, 0.25) is 5.95 Å². The monoisotopic (exact) mass is 329 g/mol. The number of anilines is 1. The van der Waals surface area contributed by atoms with Crippen molar-refractivity contribution in [1.82, 2.24) is 9.55 Å². The van der Waals surface area contributed by atoms with Gasteiger partial charge in [0.05, 0.1) is 28.2 Å². The zero-order valence-electron chi connectivity index (χ0n) is 11.0. The average molecular weight is 330 g/mol. The Labute approximate surface area is 119 Å². The van der Waals surface area contributed by atoms with E-state index in [4.69, 9.17) is 10.5 Å². The van der Waals surface area contributed by atoms with Crippen LogP contribution in [0.4, 0.5) is 10.3 Å². The van der Waals surface area contributed by atoms with Crippen LogP contribution in [0.5, 0.6) is 0 Å². The predicted molar refractivity (Wildman–Crippen MR) is 77.6 cm³/mol. The zero-order chi connectivity index (χ0) is 14.0. The lowest BCUT2D eigenvalue weighted by Crippen LogP contribution is -2.16. The van der Waals surface area contributed by atoms with Gasteiger partial charge >= 0.3 is 0 Å². The lowest BCUT2D eigenvalue weighted by molar-refractivity contribution is 0.153. The number of imidazole rings is 1. The van der Waals surface area contributed by atoms with E-state index in [-0.39, 0.29) is 11.9 Å². The molecule has 0 saturated heterocycles. The molecule has 0 aliphatic rings. The highest BCUT2D eigenvalue weighted by molar-refractivity contribution is 9.10. The molecular weight excluding hydrogens is 313 g/mol. The van der Waals surface area contributed by atoms with E-state index in [1.165, 1.54) is 6.07 Å². The van der Waals surface area contributed by atoms with E-state index >= 15 is 0 Å². The smallest absolute Gasteiger partial charge is 0.201 e. The Morgan fingerprint density at radius 1 is 1.53 bits per heavy atom. The number of aromatic nitrogens is 2. The fourth-order valence-electron chi connectivity index (χ4n) is 2.31. The number of nitrogens with zero attached hydrogens (tertiary/aromatic N) is 2. The molecular formula is C13H17BrFN3O. The Bertz CT molecular complexity index is 579. The van der Waals surface area contributed by atoms with Gasteiger partial charge in [-0.25, -0.2) is 9.37 Å². The Morgan fingerprint density at radius 2 is 2.26 bits per heavy atom. The number of halogens is 2. The average Bonchev–Trinajstić information content (AvgIpc) is 2.65. The topological polar surface area (TPSA) is 53.1 Å². The molecule has 1 aromatic heterocycles. The highest BCUT2D eigenvalue weighted by Crippen LogP contribution is 2.29. The van der Waals surface area contributed by atoms with Crippen molar-refractivity contribution in [3.8, 4) is 0 Å². The Morgan fingerprint density at radius 3 is 2.89 bits per heavy atom. The molecule has 2 aromatic rings. The molecule has 1 heterocycles. The maximum absolute atomic E-state index is 13.7. The first-order valence-corrected chi connectivity index (χ1v) is 6.99. The van der Waals surface area contributed by atoms with Crippen molar-refractivity contribution in [2.24, 2.45) is 0 Å². The summed E-state index contributed by atoms with van der Waals surface area (Å²) in [4.78, 5) is 4.29. The van der Waals surface area contributed by atoms with Crippen molar-refractivity contribution in [2.45, 2.75) is 25.8 Å². The van der Waals surface area contributed by atoms with Crippen molar-refractivity contribution in [3.63, 3.8) is 0 Å². The van der Waals surface area contributed by atoms with Gasteiger partial charge in [-0.15, -0.1) is 0 Å². The van der Waals surface area contributed by atoms with E-state index in [0.29, 0.717) is 28.1 Å². The second kappa shape index (κ2) is 5.88. The summed E-state index contributed by atoms with van der Waals surface area (Å²) in [7, 11) is 1.65. The molecule has 1 unspecified atom stereocenters. The SMILES string of the molecule is CCCC(COC)n1c(N)nc2cc(Br)c(F)cc21. The minimum Gasteiger partial charge on any atom is -0.383 e. The fraction of sp³-hybridized carbons (Fsp3) is 0.462. The molecule has 2 rings (SSSR count). The number of nitrogen functional groups attached to an aromatic ring is 1. The minimum absolute atomic E-state index is 0.0700. The molecule has 1 atom stereocenters. The lowest BCUT2D eigenvalue weighted by atomic mass is 10.1. The molecule has 104 valence electrons. The maximum Gasteiger partial charge on any atom is 0.201 e. The van der Waals surface area contributed by atoms with Gasteiger partial charge < -0.3 is 15.0 Å². The van der Waals surface area contributed by atoms with Gasteiger partial charge in [-0.05, 0) is 28.4 Å². The highest BCUT2D eigenvalue weighted by Gasteiger charge is 2.18. The summed E-state index contributed by atoms with van der Waals surface area (Å²) in [5, 5.41) is 0. The molecule has 0 aliphatic heterocycles.